The normalized spacial score (nSPS) is 11.4. The van der Waals surface area contributed by atoms with E-state index in [1.54, 1.807) is 0 Å². The minimum absolute atomic E-state index is 0.679. The van der Waals surface area contributed by atoms with E-state index in [0.717, 1.165) is 72.5 Å². The number of fused-ring (bicyclic) bond motifs is 5. The van der Waals surface area contributed by atoms with Crippen molar-refractivity contribution in [3.63, 3.8) is 0 Å². The second-order valence-corrected chi connectivity index (χ2v) is 10.1. The Labute approximate surface area is 237 Å². The Morgan fingerprint density at radius 1 is 0.439 bits per heavy atom. The van der Waals surface area contributed by atoms with Gasteiger partial charge in [0.25, 0.3) is 0 Å². The third kappa shape index (κ3) is 4.05. The molecule has 8 rings (SSSR count). The average molecular weight is 526 g/mol. The lowest BCUT2D eigenvalue weighted by Gasteiger charge is -2.12. The van der Waals surface area contributed by atoms with Crippen molar-refractivity contribution in [2.24, 2.45) is 0 Å². The molecule has 0 saturated carbocycles. The Kier molecular flexibility index (Phi) is 5.42. The molecular formula is C37H23N3O. The Bertz CT molecular complexity index is 2070. The summed E-state index contributed by atoms with van der Waals surface area (Å²) in [6, 6.07) is 47.2. The van der Waals surface area contributed by atoms with Crippen molar-refractivity contribution >= 4 is 21.9 Å². The van der Waals surface area contributed by atoms with Crippen LogP contribution in [0.3, 0.4) is 0 Å². The number of aromatic nitrogens is 3. The standard InChI is InChI=1S/C37H23N3O/c1-3-11-24(12-4-1)31-23-32(25-13-5-2-6-14-25)40-37(39-31)27-21-19-26(20-22-27)36-34-28-15-7-9-17-30(28)38-35(34)29-16-8-10-18-33(29)41-36/h1-23H. The first kappa shape index (κ1) is 23.3. The van der Waals surface area contributed by atoms with Gasteiger partial charge < -0.3 is 4.42 Å². The van der Waals surface area contributed by atoms with Gasteiger partial charge >= 0.3 is 0 Å². The van der Waals surface area contributed by atoms with Crippen LogP contribution in [-0.2, 0) is 0 Å². The van der Waals surface area contributed by atoms with E-state index < -0.39 is 0 Å². The van der Waals surface area contributed by atoms with Crippen molar-refractivity contribution in [3.8, 4) is 56.5 Å². The highest BCUT2D eigenvalue weighted by Gasteiger charge is 2.23. The summed E-state index contributed by atoms with van der Waals surface area (Å²) in [5.41, 5.74) is 9.56. The molecule has 192 valence electrons. The van der Waals surface area contributed by atoms with E-state index in [0.29, 0.717) is 5.82 Å². The van der Waals surface area contributed by atoms with Crippen LogP contribution in [0.1, 0.15) is 0 Å². The van der Waals surface area contributed by atoms with Gasteiger partial charge in [-0.2, -0.15) is 0 Å². The zero-order chi connectivity index (χ0) is 27.2. The quantitative estimate of drug-likeness (QED) is 0.230. The minimum Gasteiger partial charge on any atom is -0.455 e. The molecule has 0 saturated heterocycles. The van der Waals surface area contributed by atoms with Gasteiger partial charge in [-0.05, 0) is 24.3 Å². The fourth-order valence-electron chi connectivity index (χ4n) is 5.49. The van der Waals surface area contributed by atoms with Gasteiger partial charge in [0, 0.05) is 33.0 Å². The SMILES string of the molecule is c1ccc(-c2cc(-c3ccccc3)nc(-c3ccc(-c4oc5ccccc5c5nc6ccccc6c4-5)cc3)n2)cc1. The first-order valence-electron chi connectivity index (χ1n) is 13.6. The smallest absolute Gasteiger partial charge is 0.160 e. The third-order valence-corrected chi connectivity index (χ3v) is 7.49. The van der Waals surface area contributed by atoms with Crippen molar-refractivity contribution in [1.29, 1.82) is 0 Å². The Hall–Kier alpha value is -5.61. The highest BCUT2D eigenvalue weighted by atomic mass is 16.3. The number of benzene rings is 5. The van der Waals surface area contributed by atoms with E-state index in [-0.39, 0.29) is 0 Å². The predicted molar refractivity (Wildman–Crippen MR) is 165 cm³/mol. The van der Waals surface area contributed by atoms with Crippen LogP contribution in [0, 0.1) is 0 Å². The molecule has 0 amide bonds. The third-order valence-electron chi connectivity index (χ3n) is 7.49. The van der Waals surface area contributed by atoms with Gasteiger partial charge in [0.1, 0.15) is 11.3 Å². The fourth-order valence-corrected chi connectivity index (χ4v) is 5.49. The molecule has 0 unspecified atom stereocenters. The first-order valence-corrected chi connectivity index (χ1v) is 13.6. The molecule has 0 radical (unpaired) electrons. The van der Waals surface area contributed by atoms with Gasteiger partial charge in [-0.1, -0.05) is 115 Å². The monoisotopic (exact) mass is 525 g/mol. The zero-order valence-corrected chi connectivity index (χ0v) is 22.0. The van der Waals surface area contributed by atoms with E-state index >= 15 is 0 Å². The zero-order valence-electron chi connectivity index (χ0n) is 22.0. The van der Waals surface area contributed by atoms with Crippen molar-refractivity contribution < 1.29 is 4.42 Å². The van der Waals surface area contributed by atoms with Crippen LogP contribution in [0.4, 0.5) is 0 Å². The topological polar surface area (TPSA) is 51.8 Å². The van der Waals surface area contributed by atoms with Crippen molar-refractivity contribution in [2.45, 2.75) is 0 Å². The molecule has 4 nitrogen and oxygen atoms in total. The van der Waals surface area contributed by atoms with Crippen LogP contribution in [0.5, 0.6) is 0 Å². The number of hydrogen-bond acceptors (Lipinski definition) is 4. The van der Waals surface area contributed by atoms with Crippen LogP contribution in [0.2, 0.25) is 0 Å². The average Bonchev–Trinajstić information content (AvgIpc) is 3.45. The van der Waals surface area contributed by atoms with E-state index in [4.69, 9.17) is 19.4 Å². The molecular weight excluding hydrogens is 502 g/mol. The van der Waals surface area contributed by atoms with Gasteiger partial charge in [-0.15, -0.1) is 0 Å². The number of rotatable bonds is 4. The molecule has 0 spiro atoms. The lowest BCUT2D eigenvalue weighted by molar-refractivity contribution is 0.622. The van der Waals surface area contributed by atoms with Crippen LogP contribution in [0.25, 0.3) is 78.4 Å². The highest BCUT2D eigenvalue weighted by Crippen LogP contribution is 2.44. The van der Waals surface area contributed by atoms with Gasteiger partial charge in [0.15, 0.2) is 5.82 Å². The van der Waals surface area contributed by atoms with Crippen LogP contribution >= 0.6 is 0 Å². The van der Waals surface area contributed by atoms with E-state index in [2.05, 4.69) is 72.8 Å². The summed E-state index contributed by atoms with van der Waals surface area (Å²) in [6.07, 6.45) is 0. The number of para-hydroxylation sites is 2. The van der Waals surface area contributed by atoms with E-state index in [9.17, 15) is 0 Å². The largest absolute Gasteiger partial charge is 0.455 e. The summed E-state index contributed by atoms with van der Waals surface area (Å²) in [5.74, 6) is 1.49. The molecule has 6 aromatic rings. The van der Waals surface area contributed by atoms with Gasteiger partial charge in [-0.3, -0.25) is 0 Å². The van der Waals surface area contributed by atoms with Crippen LogP contribution < -0.4 is 0 Å². The number of nitrogens with zero attached hydrogens (tertiary/aromatic N) is 3. The minimum atomic E-state index is 0.679. The van der Waals surface area contributed by atoms with Gasteiger partial charge in [0.2, 0.25) is 0 Å². The lowest BCUT2D eigenvalue weighted by Crippen LogP contribution is -1.96. The first-order chi connectivity index (χ1) is 20.3. The maximum atomic E-state index is 6.56. The Morgan fingerprint density at radius 3 is 1.68 bits per heavy atom. The van der Waals surface area contributed by atoms with Crippen molar-refractivity contribution in [2.75, 3.05) is 0 Å². The summed E-state index contributed by atoms with van der Waals surface area (Å²) in [4.78, 5) is 15.0. The van der Waals surface area contributed by atoms with E-state index in [1.807, 2.05) is 66.7 Å². The summed E-state index contributed by atoms with van der Waals surface area (Å²) in [5, 5.41) is 2.10. The Morgan fingerprint density at radius 2 is 1.00 bits per heavy atom. The maximum absolute atomic E-state index is 6.56. The summed E-state index contributed by atoms with van der Waals surface area (Å²) in [7, 11) is 0. The summed E-state index contributed by atoms with van der Waals surface area (Å²) < 4.78 is 6.56. The molecule has 0 fully saturated rings. The highest BCUT2D eigenvalue weighted by molar-refractivity contribution is 6.10. The van der Waals surface area contributed by atoms with Crippen LogP contribution in [-0.4, -0.2) is 15.0 Å². The van der Waals surface area contributed by atoms with Crippen molar-refractivity contribution in [1.82, 2.24) is 15.0 Å². The molecule has 41 heavy (non-hydrogen) atoms. The molecule has 5 aromatic carbocycles. The molecule has 2 aliphatic heterocycles. The lowest BCUT2D eigenvalue weighted by atomic mass is 9.98. The molecule has 0 N–H and O–H groups in total. The second kappa shape index (κ2) is 9.54. The molecule has 0 bridgehead atoms. The molecule has 3 heterocycles. The number of hydrogen-bond donors (Lipinski definition) is 0. The summed E-state index contributed by atoms with van der Waals surface area (Å²) in [6.45, 7) is 0. The second-order valence-electron chi connectivity index (χ2n) is 10.1. The molecule has 0 atom stereocenters. The maximum Gasteiger partial charge on any atom is 0.160 e. The molecule has 4 heteroatoms. The predicted octanol–water partition coefficient (Wildman–Crippen LogP) is 9.54. The molecule has 2 aliphatic rings. The van der Waals surface area contributed by atoms with E-state index in [1.165, 1.54) is 0 Å². The van der Waals surface area contributed by atoms with Gasteiger partial charge in [0.05, 0.1) is 28.2 Å². The van der Waals surface area contributed by atoms with Crippen molar-refractivity contribution in [3.05, 3.63) is 140 Å². The Balaban J connectivity index is 1.28. The van der Waals surface area contributed by atoms with Crippen LogP contribution in [0.15, 0.2) is 144 Å². The molecule has 0 aliphatic carbocycles. The fraction of sp³-hybridized carbons (Fsp3) is 0. The van der Waals surface area contributed by atoms with Gasteiger partial charge in [-0.25, -0.2) is 15.0 Å². The molecule has 1 aromatic heterocycles. The summed E-state index contributed by atoms with van der Waals surface area (Å²) >= 11 is 0.